The lowest BCUT2D eigenvalue weighted by Crippen LogP contribution is -2.18. The van der Waals surface area contributed by atoms with Crippen molar-refractivity contribution in [2.45, 2.75) is 0 Å². The van der Waals surface area contributed by atoms with E-state index in [0.29, 0.717) is 5.56 Å². The molecular weight excluding hydrogens is 238 g/mol. The molecule has 0 aromatic heterocycles. The molecule has 1 amide bonds. The van der Waals surface area contributed by atoms with E-state index in [1.165, 1.54) is 0 Å². The van der Waals surface area contributed by atoms with Gasteiger partial charge >= 0.3 is 5.91 Å². The molecule has 96 valence electrons. The van der Waals surface area contributed by atoms with E-state index in [1.807, 2.05) is 36.5 Å². The van der Waals surface area contributed by atoms with E-state index in [2.05, 4.69) is 0 Å². The fourth-order valence-corrected chi connectivity index (χ4v) is 1.76. The Balaban J connectivity index is 2.21. The smallest absolute Gasteiger partial charge is 0.419 e. The Morgan fingerprint density at radius 2 is 1.68 bits per heavy atom. The molecule has 0 atom stereocenters. The zero-order valence-corrected chi connectivity index (χ0v) is 11.0. The maximum absolute atomic E-state index is 12.2. The van der Waals surface area contributed by atoms with Gasteiger partial charge in [-0.1, -0.05) is 18.2 Å². The molecule has 2 aromatic rings. The largest absolute Gasteiger partial charge is 0.497 e. The van der Waals surface area contributed by atoms with E-state index >= 15 is 0 Å². The van der Waals surface area contributed by atoms with E-state index in [-0.39, 0.29) is 5.91 Å². The predicted molar refractivity (Wildman–Crippen MR) is 75.1 cm³/mol. The van der Waals surface area contributed by atoms with Crippen LogP contribution >= 0.6 is 0 Å². The topological polar surface area (TPSA) is 29.3 Å². The fourth-order valence-electron chi connectivity index (χ4n) is 1.76. The first-order chi connectivity index (χ1) is 9.20. The Hall–Kier alpha value is -2.42. The van der Waals surface area contributed by atoms with Crippen LogP contribution in [0.3, 0.4) is 0 Å². The Morgan fingerprint density at radius 1 is 1.05 bits per heavy atom. The molecule has 0 saturated heterocycles. The van der Waals surface area contributed by atoms with E-state index < -0.39 is 0 Å². The molecule has 0 aliphatic heterocycles. The molecule has 3 nitrogen and oxygen atoms in total. The number of ether oxygens (including phenoxy) is 1. The molecule has 0 heterocycles. The van der Waals surface area contributed by atoms with Crippen molar-refractivity contribution in [3.8, 4) is 5.75 Å². The summed E-state index contributed by atoms with van der Waals surface area (Å²) in [5.74, 6) is 0.692. The molecule has 0 aliphatic carbocycles. The third-order valence-electron chi connectivity index (χ3n) is 2.80. The monoisotopic (exact) mass is 254 g/mol. The molecule has 0 unspecified atom stereocenters. The number of carbonyl (C=O) groups is 1. The number of nitrogens with zero attached hydrogens (tertiary/aromatic N) is 1. The van der Waals surface area contributed by atoms with Crippen LogP contribution in [0.2, 0.25) is 0 Å². The minimum absolute atomic E-state index is 0.0495. The van der Waals surface area contributed by atoms with Gasteiger partial charge in [-0.25, -0.2) is 4.79 Å². The normalized spacial score (nSPS) is 11.2. The van der Waals surface area contributed by atoms with Gasteiger partial charge in [0.05, 0.1) is 12.7 Å². The van der Waals surface area contributed by atoms with E-state index in [9.17, 15) is 4.79 Å². The molecule has 2 rings (SSSR count). The Bertz CT molecular complexity index is 586. The molecule has 0 saturated carbocycles. The van der Waals surface area contributed by atoms with Crippen LogP contribution < -0.4 is 4.74 Å². The van der Waals surface area contributed by atoms with Crippen molar-refractivity contribution in [1.29, 1.82) is 0 Å². The Morgan fingerprint density at radius 3 is 2.26 bits per heavy atom. The minimum atomic E-state index is -0.0495. The predicted octanol–water partition coefficient (Wildman–Crippen LogP) is 2.60. The fraction of sp³-hybridized carbons (Fsp3) is 0.125. The van der Waals surface area contributed by atoms with Crippen molar-refractivity contribution >= 4 is 12.1 Å². The van der Waals surface area contributed by atoms with Gasteiger partial charge in [-0.2, -0.15) is 4.58 Å². The van der Waals surface area contributed by atoms with Gasteiger partial charge in [0.1, 0.15) is 12.8 Å². The molecule has 0 N–H and O–H groups in total. The molecule has 2 aromatic carbocycles. The molecule has 0 fully saturated rings. The van der Waals surface area contributed by atoms with E-state index in [1.54, 1.807) is 43.0 Å². The quantitative estimate of drug-likeness (QED) is 0.622. The first-order valence-corrected chi connectivity index (χ1v) is 6.02. The first kappa shape index (κ1) is 13.0. The minimum Gasteiger partial charge on any atom is -0.497 e. The summed E-state index contributed by atoms with van der Waals surface area (Å²) in [6.07, 6.45) is 1.81. The molecular formula is C16H16NO2+. The molecule has 0 bridgehead atoms. The van der Waals surface area contributed by atoms with E-state index in [0.717, 1.165) is 11.3 Å². The third-order valence-corrected chi connectivity index (χ3v) is 2.80. The van der Waals surface area contributed by atoms with Crippen LogP contribution in [0.1, 0.15) is 15.9 Å². The van der Waals surface area contributed by atoms with Gasteiger partial charge in [0.2, 0.25) is 0 Å². The average Bonchev–Trinajstić information content (AvgIpc) is 2.47. The van der Waals surface area contributed by atoms with Crippen LogP contribution in [0.5, 0.6) is 5.75 Å². The van der Waals surface area contributed by atoms with Crippen LogP contribution in [0, 0.1) is 0 Å². The van der Waals surface area contributed by atoms with Gasteiger partial charge in [-0.3, -0.25) is 0 Å². The van der Waals surface area contributed by atoms with Crippen LogP contribution in [-0.4, -0.2) is 30.9 Å². The summed E-state index contributed by atoms with van der Waals surface area (Å²) in [6, 6.07) is 16.8. The van der Waals surface area contributed by atoms with Crippen LogP contribution in [-0.2, 0) is 0 Å². The second-order valence-electron chi connectivity index (χ2n) is 4.18. The number of rotatable bonds is 3. The number of hydrogen-bond acceptors (Lipinski definition) is 2. The zero-order chi connectivity index (χ0) is 13.7. The van der Waals surface area contributed by atoms with Crippen molar-refractivity contribution in [2.75, 3.05) is 14.2 Å². The third kappa shape index (κ3) is 3.28. The summed E-state index contributed by atoms with van der Waals surface area (Å²) in [5, 5.41) is 0. The number of benzene rings is 2. The molecule has 0 spiro atoms. The Labute approximate surface area is 112 Å². The lowest BCUT2D eigenvalue weighted by Gasteiger charge is -2.00. The van der Waals surface area contributed by atoms with E-state index in [4.69, 9.17) is 4.74 Å². The lowest BCUT2D eigenvalue weighted by molar-refractivity contribution is -0.388. The van der Waals surface area contributed by atoms with Crippen molar-refractivity contribution < 1.29 is 14.1 Å². The summed E-state index contributed by atoms with van der Waals surface area (Å²) >= 11 is 0. The highest BCUT2D eigenvalue weighted by molar-refractivity contribution is 5.91. The average molecular weight is 254 g/mol. The van der Waals surface area contributed by atoms with Crippen LogP contribution in [0.15, 0.2) is 54.6 Å². The zero-order valence-electron chi connectivity index (χ0n) is 11.0. The lowest BCUT2D eigenvalue weighted by atomic mass is 10.2. The van der Waals surface area contributed by atoms with Gasteiger partial charge < -0.3 is 4.74 Å². The highest BCUT2D eigenvalue weighted by atomic mass is 16.5. The van der Waals surface area contributed by atoms with Crippen molar-refractivity contribution in [3.63, 3.8) is 0 Å². The molecule has 0 radical (unpaired) electrons. The highest BCUT2D eigenvalue weighted by Crippen LogP contribution is 2.11. The molecule has 0 aliphatic rings. The van der Waals surface area contributed by atoms with Crippen LogP contribution in [0.25, 0.3) is 0 Å². The van der Waals surface area contributed by atoms with Crippen molar-refractivity contribution in [2.24, 2.45) is 0 Å². The van der Waals surface area contributed by atoms with Gasteiger partial charge in [-0.05, 0) is 36.4 Å². The first-order valence-electron chi connectivity index (χ1n) is 6.02. The summed E-state index contributed by atoms with van der Waals surface area (Å²) in [4.78, 5) is 12.2. The van der Waals surface area contributed by atoms with Crippen molar-refractivity contribution in [1.82, 2.24) is 0 Å². The second-order valence-corrected chi connectivity index (χ2v) is 4.18. The van der Waals surface area contributed by atoms with Crippen LogP contribution in [0.4, 0.5) is 0 Å². The maximum atomic E-state index is 12.2. The second kappa shape index (κ2) is 5.96. The number of amides is 1. The summed E-state index contributed by atoms with van der Waals surface area (Å²) < 4.78 is 6.65. The SMILES string of the molecule is COc1ccc(C(=O)[N+](C)=Cc2ccccc2)cc1. The summed E-state index contributed by atoms with van der Waals surface area (Å²) in [6.45, 7) is 0. The summed E-state index contributed by atoms with van der Waals surface area (Å²) in [5.41, 5.74) is 1.63. The number of methoxy groups -OCH3 is 1. The van der Waals surface area contributed by atoms with Gasteiger partial charge in [0, 0.05) is 5.56 Å². The Kier molecular flexibility index (Phi) is 4.08. The highest BCUT2D eigenvalue weighted by Gasteiger charge is 2.15. The van der Waals surface area contributed by atoms with Gasteiger partial charge in [0.25, 0.3) is 0 Å². The molecule has 3 heteroatoms. The number of carbonyl (C=O) groups excluding carboxylic acids is 1. The summed E-state index contributed by atoms with van der Waals surface area (Å²) in [7, 11) is 3.35. The molecule has 19 heavy (non-hydrogen) atoms. The van der Waals surface area contributed by atoms with Gasteiger partial charge in [0.15, 0.2) is 6.21 Å². The standard InChI is InChI=1S/C16H16NO2/c1-17(12-13-6-4-3-5-7-13)16(18)14-8-10-15(19-2)11-9-14/h3-12H,1-2H3/q+1. The maximum Gasteiger partial charge on any atom is 0.419 e. The number of hydrogen-bond donors (Lipinski definition) is 0. The van der Waals surface area contributed by atoms with Gasteiger partial charge in [-0.15, -0.1) is 0 Å². The van der Waals surface area contributed by atoms with Crippen molar-refractivity contribution in [3.05, 3.63) is 65.7 Å².